The van der Waals surface area contributed by atoms with Crippen molar-refractivity contribution < 1.29 is 9.59 Å². The van der Waals surface area contributed by atoms with Crippen molar-refractivity contribution in [2.24, 2.45) is 11.7 Å². The Kier molecular flexibility index (Phi) is 5.44. The minimum absolute atomic E-state index is 0.0505. The Morgan fingerprint density at radius 2 is 1.78 bits per heavy atom. The maximum atomic E-state index is 13.1. The number of primary amides is 1. The predicted molar refractivity (Wildman–Crippen MR) is 107 cm³/mol. The highest BCUT2D eigenvalue weighted by Gasteiger charge is 2.28. The molecule has 1 saturated heterocycles. The van der Waals surface area contributed by atoms with E-state index in [1.54, 1.807) is 4.90 Å². The number of nitrogens with two attached hydrogens (primary N) is 1. The molecule has 1 aliphatic rings. The van der Waals surface area contributed by atoms with Gasteiger partial charge in [-0.3, -0.25) is 9.59 Å². The first-order chi connectivity index (χ1) is 12.9. The summed E-state index contributed by atoms with van der Waals surface area (Å²) in [7, 11) is 3.78. The van der Waals surface area contributed by atoms with Gasteiger partial charge in [0.2, 0.25) is 5.91 Å². The van der Waals surface area contributed by atoms with E-state index in [1.807, 2.05) is 62.3 Å². The molecule has 0 radical (unpaired) electrons. The second-order valence-corrected chi connectivity index (χ2v) is 7.25. The van der Waals surface area contributed by atoms with Crippen LogP contribution in [0.15, 0.2) is 36.4 Å². The van der Waals surface area contributed by atoms with E-state index >= 15 is 0 Å². The fourth-order valence-corrected chi connectivity index (χ4v) is 3.50. The number of amides is 2. The first kappa shape index (κ1) is 18.9. The molecule has 6 nitrogen and oxygen atoms in total. The normalized spacial score (nSPS) is 14.9. The van der Waals surface area contributed by atoms with Crippen LogP contribution >= 0.6 is 0 Å². The van der Waals surface area contributed by atoms with Crippen LogP contribution < -0.4 is 10.6 Å². The molecule has 1 aromatic carbocycles. The largest absolute Gasteiger partial charge is 0.369 e. The SMILES string of the molecule is Cc1ccccc1-c1ccc(C(=O)N2CCC(C(N)=O)CC2)c(N(C)C)n1. The Balaban J connectivity index is 1.88. The van der Waals surface area contributed by atoms with Crippen LogP contribution in [0.2, 0.25) is 0 Å². The van der Waals surface area contributed by atoms with E-state index in [4.69, 9.17) is 10.7 Å². The van der Waals surface area contributed by atoms with Crippen molar-refractivity contribution in [2.45, 2.75) is 19.8 Å². The highest BCUT2D eigenvalue weighted by molar-refractivity contribution is 5.99. The topological polar surface area (TPSA) is 79.5 Å². The lowest BCUT2D eigenvalue weighted by molar-refractivity contribution is -0.123. The Morgan fingerprint density at radius 3 is 2.37 bits per heavy atom. The summed E-state index contributed by atoms with van der Waals surface area (Å²) < 4.78 is 0. The van der Waals surface area contributed by atoms with Gasteiger partial charge in [-0.2, -0.15) is 0 Å². The van der Waals surface area contributed by atoms with Crippen molar-refractivity contribution in [2.75, 3.05) is 32.1 Å². The fourth-order valence-electron chi connectivity index (χ4n) is 3.50. The van der Waals surface area contributed by atoms with Crippen LogP contribution in [-0.2, 0) is 4.79 Å². The number of carbonyl (C=O) groups is 2. The zero-order chi connectivity index (χ0) is 19.6. The Morgan fingerprint density at radius 1 is 1.11 bits per heavy atom. The number of benzene rings is 1. The lowest BCUT2D eigenvalue weighted by Gasteiger charge is -2.31. The number of carbonyl (C=O) groups excluding carboxylic acids is 2. The summed E-state index contributed by atoms with van der Waals surface area (Å²) in [6.45, 7) is 3.13. The number of pyridine rings is 1. The summed E-state index contributed by atoms with van der Waals surface area (Å²) in [5.41, 5.74) is 9.01. The Hall–Kier alpha value is -2.89. The monoisotopic (exact) mass is 366 g/mol. The maximum Gasteiger partial charge on any atom is 0.257 e. The van der Waals surface area contributed by atoms with Crippen molar-refractivity contribution in [3.8, 4) is 11.3 Å². The highest BCUT2D eigenvalue weighted by atomic mass is 16.2. The number of aryl methyl sites for hydroxylation is 1. The van der Waals surface area contributed by atoms with Gasteiger partial charge in [-0.15, -0.1) is 0 Å². The average molecular weight is 366 g/mol. The molecule has 1 aliphatic heterocycles. The molecule has 0 aliphatic carbocycles. The van der Waals surface area contributed by atoms with Gasteiger partial charge in [0.25, 0.3) is 5.91 Å². The zero-order valence-electron chi connectivity index (χ0n) is 16.1. The molecule has 3 rings (SSSR count). The van der Waals surface area contributed by atoms with E-state index in [2.05, 4.69) is 0 Å². The van der Waals surface area contributed by atoms with E-state index in [0.717, 1.165) is 16.8 Å². The van der Waals surface area contributed by atoms with Crippen molar-refractivity contribution in [3.05, 3.63) is 47.5 Å². The molecule has 0 bridgehead atoms. The Bertz CT molecular complexity index is 855. The summed E-state index contributed by atoms with van der Waals surface area (Å²) in [6.07, 6.45) is 1.24. The number of nitrogens with zero attached hydrogens (tertiary/aromatic N) is 3. The van der Waals surface area contributed by atoms with Crippen LogP contribution in [0.25, 0.3) is 11.3 Å². The van der Waals surface area contributed by atoms with E-state index in [0.29, 0.717) is 37.3 Å². The number of piperidine rings is 1. The van der Waals surface area contributed by atoms with Crippen LogP contribution in [0.1, 0.15) is 28.8 Å². The third-order valence-electron chi connectivity index (χ3n) is 5.13. The second kappa shape index (κ2) is 7.78. The molecule has 0 atom stereocenters. The van der Waals surface area contributed by atoms with Gasteiger partial charge < -0.3 is 15.5 Å². The molecule has 142 valence electrons. The zero-order valence-corrected chi connectivity index (χ0v) is 16.1. The number of hydrogen-bond donors (Lipinski definition) is 1. The third-order valence-corrected chi connectivity index (χ3v) is 5.13. The smallest absolute Gasteiger partial charge is 0.257 e. The van der Waals surface area contributed by atoms with Gasteiger partial charge in [-0.25, -0.2) is 4.98 Å². The van der Waals surface area contributed by atoms with Crippen LogP contribution in [0.3, 0.4) is 0 Å². The van der Waals surface area contributed by atoms with Gasteiger partial charge in [0.05, 0.1) is 11.3 Å². The van der Waals surface area contributed by atoms with Crippen molar-refractivity contribution in [3.63, 3.8) is 0 Å². The molecule has 2 N–H and O–H groups in total. The van der Waals surface area contributed by atoms with Gasteiger partial charge in [-0.1, -0.05) is 24.3 Å². The molecule has 0 saturated carbocycles. The van der Waals surface area contributed by atoms with E-state index < -0.39 is 0 Å². The molecule has 2 amide bonds. The van der Waals surface area contributed by atoms with Crippen LogP contribution in [-0.4, -0.2) is 48.9 Å². The van der Waals surface area contributed by atoms with E-state index in [-0.39, 0.29) is 17.7 Å². The number of rotatable bonds is 4. The summed E-state index contributed by atoms with van der Waals surface area (Å²) >= 11 is 0. The van der Waals surface area contributed by atoms with Crippen molar-refractivity contribution >= 4 is 17.6 Å². The second-order valence-electron chi connectivity index (χ2n) is 7.25. The lowest BCUT2D eigenvalue weighted by atomic mass is 9.96. The van der Waals surface area contributed by atoms with Crippen LogP contribution in [0.4, 0.5) is 5.82 Å². The first-order valence-electron chi connectivity index (χ1n) is 9.21. The number of hydrogen-bond acceptors (Lipinski definition) is 4. The molecular formula is C21H26N4O2. The van der Waals surface area contributed by atoms with E-state index in [1.165, 1.54) is 0 Å². The molecule has 0 unspecified atom stereocenters. The van der Waals surface area contributed by atoms with Gasteiger partial charge in [-0.05, 0) is 37.5 Å². The average Bonchev–Trinajstić information content (AvgIpc) is 2.67. The predicted octanol–water partition coefficient (Wildman–Crippen LogP) is 2.46. The van der Waals surface area contributed by atoms with Crippen LogP contribution in [0, 0.1) is 12.8 Å². The minimum Gasteiger partial charge on any atom is -0.369 e. The number of aromatic nitrogens is 1. The van der Waals surface area contributed by atoms with Gasteiger partial charge in [0, 0.05) is 38.7 Å². The molecule has 2 heterocycles. The highest BCUT2D eigenvalue weighted by Crippen LogP contribution is 2.27. The van der Waals surface area contributed by atoms with Gasteiger partial charge >= 0.3 is 0 Å². The summed E-state index contributed by atoms with van der Waals surface area (Å²) in [6, 6.07) is 11.8. The summed E-state index contributed by atoms with van der Waals surface area (Å²) in [5.74, 6) is 0.187. The summed E-state index contributed by atoms with van der Waals surface area (Å²) in [5, 5.41) is 0. The van der Waals surface area contributed by atoms with Gasteiger partial charge in [0.1, 0.15) is 5.82 Å². The minimum atomic E-state index is -0.277. The molecule has 2 aromatic rings. The molecule has 1 aromatic heterocycles. The van der Waals surface area contributed by atoms with Crippen LogP contribution in [0.5, 0.6) is 0 Å². The van der Waals surface area contributed by atoms with E-state index in [9.17, 15) is 9.59 Å². The lowest BCUT2D eigenvalue weighted by Crippen LogP contribution is -2.42. The first-order valence-corrected chi connectivity index (χ1v) is 9.21. The van der Waals surface area contributed by atoms with Crippen molar-refractivity contribution in [1.29, 1.82) is 0 Å². The molecular weight excluding hydrogens is 340 g/mol. The fraction of sp³-hybridized carbons (Fsp3) is 0.381. The summed E-state index contributed by atoms with van der Waals surface area (Å²) in [4.78, 5) is 32.8. The molecule has 0 spiro atoms. The molecule has 1 fully saturated rings. The number of likely N-dealkylation sites (tertiary alicyclic amines) is 1. The standard InChI is InChI=1S/C21H26N4O2/c1-14-6-4-5-7-16(14)18-9-8-17(20(23-18)24(2)3)21(27)25-12-10-15(11-13-25)19(22)26/h4-9,15H,10-13H2,1-3H3,(H2,22,26). The van der Waals surface area contributed by atoms with Crippen molar-refractivity contribution in [1.82, 2.24) is 9.88 Å². The molecule has 6 heteroatoms. The quantitative estimate of drug-likeness (QED) is 0.901. The van der Waals surface area contributed by atoms with Gasteiger partial charge in [0.15, 0.2) is 0 Å². The Labute approximate surface area is 160 Å². The maximum absolute atomic E-state index is 13.1. The molecule has 27 heavy (non-hydrogen) atoms. The third kappa shape index (κ3) is 3.94. The number of anilines is 1.